The zero-order valence-electron chi connectivity index (χ0n) is 8.86. The summed E-state index contributed by atoms with van der Waals surface area (Å²) in [4.78, 5) is 0. The Hall–Kier alpha value is -0.860. The lowest BCUT2D eigenvalue weighted by Gasteiger charge is -2.30. The summed E-state index contributed by atoms with van der Waals surface area (Å²) < 4.78 is 6.02. The van der Waals surface area contributed by atoms with Gasteiger partial charge in [-0.3, -0.25) is 0 Å². The largest absolute Gasteiger partial charge is 0.373 e. The van der Waals surface area contributed by atoms with Crippen molar-refractivity contribution in [3.05, 3.63) is 35.4 Å². The third-order valence-corrected chi connectivity index (χ3v) is 3.66. The average Bonchev–Trinajstić information content (AvgIpc) is 2.51. The molecule has 0 aromatic heterocycles. The Morgan fingerprint density at radius 1 is 1.20 bits per heavy atom. The summed E-state index contributed by atoms with van der Waals surface area (Å²) >= 11 is 0. The van der Waals surface area contributed by atoms with Gasteiger partial charge in [0.05, 0.1) is 18.2 Å². The maximum atomic E-state index is 6.19. The molecule has 2 nitrogen and oxygen atoms in total. The third kappa shape index (κ3) is 1.58. The zero-order chi connectivity index (χ0) is 10.3. The van der Waals surface area contributed by atoms with Gasteiger partial charge in [0.25, 0.3) is 0 Å². The number of benzene rings is 1. The molecule has 0 bridgehead atoms. The molecule has 80 valence electrons. The molecule has 1 fully saturated rings. The van der Waals surface area contributed by atoms with Crippen LogP contribution in [-0.4, -0.2) is 12.2 Å². The van der Waals surface area contributed by atoms with E-state index in [2.05, 4.69) is 24.3 Å². The Balaban J connectivity index is 1.74. The lowest BCUT2D eigenvalue weighted by Crippen LogP contribution is -2.33. The fraction of sp³-hybridized carbons (Fsp3) is 0.538. The summed E-state index contributed by atoms with van der Waals surface area (Å²) in [5, 5.41) is 0. The molecule has 0 spiro atoms. The number of rotatable bonds is 2. The highest BCUT2D eigenvalue weighted by Crippen LogP contribution is 2.34. The van der Waals surface area contributed by atoms with E-state index in [1.54, 1.807) is 0 Å². The van der Waals surface area contributed by atoms with E-state index >= 15 is 0 Å². The van der Waals surface area contributed by atoms with E-state index in [1.807, 2.05) is 0 Å². The van der Waals surface area contributed by atoms with E-state index < -0.39 is 0 Å². The number of ether oxygens (including phenoxy) is 1. The van der Waals surface area contributed by atoms with Crippen molar-refractivity contribution in [2.24, 2.45) is 5.73 Å². The maximum Gasteiger partial charge on any atom is 0.0811 e. The molecule has 15 heavy (non-hydrogen) atoms. The lowest BCUT2D eigenvalue weighted by molar-refractivity contribution is -0.0563. The van der Waals surface area contributed by atoms with Crippen molar-refractivity contribution in [1.82, 2.24) is 0 Å². The normalized spacial score (nSPS) is 29.9. The molecule has 0 heterocycles. The van der Waals surface area contributed by atoms with Gasteiger partial charge in [-0.2, -0.15) is 0 Å². The van der Waals surface area contributed by atoms with Crippen LogP contribution >= 0.6 is 0 Å². The molecule has 0 radical (unpaired) electrons. The minimum absolute atomic E-state index is 0.0850. The molecule has 3 rings (SSSR count). The van der Waals surface area contributed by atoms with Gasteiger partial charge in [0.1, 0.15) is 0 Å². The van der Waals surface area contributed by atoms with E-state index in [4.69, 9.17) is 10.5 Å². The van der Waals surface area contributed by atoms with Crippen molar-refractivity contribution < 1.29 is 4.74 Å². The molecule has 1 saturated carbocycles. The molecular weight excluding hydrogens is 186 g/mol. The molecule has 2 aliphatic rings. The first-order valence-electron chi connectivity index (χ1n) is 5.83. The minimum Gasteiger partial charge on any atom is -0.373 e. The van der Waals surface area contributed by atoms with Crippen molar-refractivity contribution in [1.29, 1.82) is 0 Å². The Morgan fingerprint density at radius 2 is 2.00 bits per heavy atom. The van der Waals surface area contributed by atoms with Gasteiger partial charge in [-0.15, -0.1) is 0 Å². The fourth-order valence-corrected chi connectivity index (χ4v) is 2.48. The van der Waals surface area contributed by atoms with Gasteiger partial charge in [-0.1, -0.05) is 24.3 Å². The molecular formula is C13H17NO. The molecule has 2 unspecified atom stereocenters. The van der Waals surface area contributed by atoms with Crippen LogP contribution in [0.3, 0.4) is 0 Å². The average molecular weight is 203 g/mol. The monoisotopic (exact) mass is 203 g/mol. The van der Waals surface area contributed by atoms with Crippen LogP contribution in [0.25, 0.3) is 0 Å². The van der Waals surface area contributed by atoms with E-state index in [0.717, 1.165) is 6.42 Å². The van der Waals surface area contributed by atoms with Gasteiger partial charge in [-0.25, -0.2) is 0 Å². The first kappa shape index (κ1) is 9.37. The van der Waals surface area contributed by atoms with Crippen LogP contribution < -0.4 is 5.73 Å². The predicted octanol–water partition coefficient (Wildman–Crippen LogP) is 2.18. The summed E-state index contributed by atoms with van der Waals surface area (Å²) in [7, 11) is 0. The van der Waals surface area contributed by atoms with E-state index in [0.29, 0.717) is 6.10 Å². The van der Waals surface area contributed by atoms with Crippen molar-refractivity contribution in [3.8, 4) is 0 Å². The van der Waals surface area contributed by atoms with Crippen molar-refractivity contribution in [2.45, 2.75) is 43.9 Å². The van der Waals surface area contributed by atoms with Crippen LogP contribution in [0.15, 0.2) is 24.3 Å². The molecule has 0 aliphatic heterocycles. The molecule has 2 aliphatic carbocycles. The highest BCUT2D eigenvalue weighted by atomic mass is 16.5. The van der Waals surface area contributed by atoms with Crippen LogP contribution in [0.4, 0.5) is 0 Å². The lowest BCUT2D eigenvalue weighted by atomic mass is 9.96. The van der Waals surface area contributed by atoms with Crippen molar-refractivity contribution >= 4 is 0 Å². The molecule has 2 N–H and O–H groups in total. The van der Waals surface area contributed by atoms with E-state index in [-0.39, 0.29) is 12.1 Å². The second kappa shape index (κ2) is 3.62. The molecule has 2 atom stereocenters. The second-order valence-corrected chi connectivity index (χ2v) is 4.66. The highest BCUT2D eigenvalue weighted by molar-refractivity contribution is 5.36. The summed E-state index contributed by atoms with van der Waals surface area (Å²) in [6.45, 7) is 0. The van der Waals surface area contributed by atoms with Gasteiger partial charge in [0, 0.05) is 6.42 Å². The fourth-order valence-electron chi connectivity index (χ4n) is 2.48. The van der Waals surface area contributed by atoms with Crippen molar-refractivity contribution in [3.63, 3.8) is 0 Å². The summed E-state index contributed by atoms with van der Waals surface area (Å²) in [6, 6.07) is 8.52. The molecule has 0 saturated heterocycles. The summed E-state index contributed by atoms with van der Waals surface area (Å²) in [5.74, 6) is 0. The Morgan fingerprint density at radius 3 is 2.67 bits per heavy atom. The standard InChI is InChI=1S/C13H17NO/c14-13-11-7-2-1-4-9(11)8-12(13)15-10-5-3-6-10/h1-2,4,7,10,12-13H,3,5-6,8,14H2. The second-order valence-electron chi connectivity index (χ2n) is 4.66. The van der Waals surface area contributed by atoms with Crippen LogP contribution in [-0.2, 0) is 11.2 Å². The highest BCUT2D eigenvalue weighted by Gasteiger charge is 2.33. The van der Waals surface area contributed by atoms with Crippen LogP contribution in [0.5, 0.6) is 0 Å². The van der Waals surface area contributed by atoms with E-state index in [1.165, 1.54) is 30.4 Å². The first-order valence-corrected chi connectivity index (χ1v) is 5.83. The number of nitrogens with two attached hydrogens (primary N) is 1. The Labute approximate surface area is 90.4 Å². The van der Waals surface area contributed by atoms with Crippen LogP contribution in [0.1, 0.15) is 36.4 Å². The number of hydrogen-bond donors (Lipinski definition) is 1. The Bertz CT molecular complexity index is 359. The van der Waals surface area contributed by atoms with E-state index in [9.17, 15) is 0 Å². The van der Waals surface area contributed by atoms with Gasteiger partial charge < -0.3 is 10.5 Å². The SMILES string of the molecule is NC1c2ccccc2CC1OC1CCC1. The smallest absolute Gasteiger partial charge is 0.0811 e. The number of fused-ring (bicyclic) bond motifs is 1. The minimum atomic E-state index is 0.0850. The number of hydrogen-bond acceptors (Lipinski definition) is 2. The topological polar surface area (TPSA) is 35.2 Å². The van der Waals surface area contributed by atoms with Gasteiger partial charge in [0.2, 0.25) is 0 Å². The molecule has 1 aromatic rings. The Kier molecular flexibility index (Phi) is 2.26. The molecule has 2 heteroatoms. The third-order valence-electron chi connectivity index (χ3n) is 3.66. The van der Waals surface area contributed by atoms with Crippen molar-refractivity contribution in [2.75, 3.05) is 0 Å². The van der Waals surface area contributed by atoms with Gasteiger partial charge >= 0.3 is 0 Å². The molecule has 0 amide bonds. The maximum absolute atomic E-state index is 6.19. The summed E-state index contributed by atoms with van der Waals surface area (Å²) in [6.07, 6.45) is 5.45. The summed E-state index contributed by atoms with van der Waals surface area (Å²) in [5.41, 5.74) is 8.84. The predicted molar refractivity (Wildman–Crippen MR) is 59.6 cm³/mol. The molecule has 1 aromatic carbocycles. The quantitative estimate of drug-likeness (QED) is 0.799. The van der Waals surface area contributed by atoms with Crippen LogP contribution in [0, 0.1) is 0 Å². The zero-order valence-corrected chi connectivity index (χ0v) is 8.86. The van der Waals surface area contributed by atoms with Gasteiger partial charge in [-0.05, 0) is 30.4 Å². The first-order chi connectivity index (χ1) is 7.34. The van der Waals surface area contributed by atoms with Crippen LogP contribution in [0.2, 0.25) is 0 Å². The van der Waals surface area contributed by atoms with Gasteiger partial charge in [0.15, 0.2) is 0 Å².